The van der Waals surface area contributed by atoms with E-state index >= 15 is 0 Å². The van der Waals surface area contributed by atoms with Crippen molar-refractivity contribution in [3.8, 4) is 17.2 Å². The normalized spacial score (nSPS) is 10.5. The zero-order chi connectivity index (χ0) is 18.0. The number of rotatable bonds is 3. The largest absolute Gasteiger partial charge is 0.513 e. The molecule has 3 rings (SSSR count). The Morgan fingerprint density at radius 2 is 1.72 bits per heavy atom. The maximum absolute atomic E-state index is 12.6. The molecular formula is C19H16O6. The monoisotopic (exact) mass is 340 g/mol. The summed E-state index contributed by atoms with van der Waals surface area (Å²) < 4.78 is 20.5. The van der Waals surface area contributed by atoms with Crippen LogP contribution in [0.1, 0.15) is 11.1 Å². The first-order chi connectivity index (χ1) is 12.0. The van der Waals surface area contributed by atoms with Crippen LogP contribution in [0.4, 0.5) is 4.79 Å². The summed E-state index contributed by atoms with van der Waals surface area (Å²) in [6, 6.07) is 10.1. The number of aryl methyl sites for hydroxylation is 2. The molecule has 0 spiro atoms. The van der Waals surface area contributed by atoms with E-state index in [1.165, 1.54) is 31.6 Å². The highest BCUT2D eigenvalue weighted by molar-refractivity contribution is 5.80. The summed E-state index contributed by atoms with van der Waals surface area (Å²) in [5.74, 6) is 0.861. The smallest absolute Gasteiger partial charge is 0.460 e. The first kappa shape index (κ1) is 16.6. The molecule has 2 aromatic carbocycles. The van der Waals surface area contributed by atoms with Crippen molar-refractivity contribution in [2.75, 3.05) is 7.11 Å². The van der Waals surface area contributed by atoms with E-state index in [4.69, 9.17) is 13.9 Å². The van der Waals surface area contributed by atoms with E-state index in [1.807, 2.05) is 32.0 Å². The summed E-state index contributed by atoms with van der Waals surface area (Å²) in [5, 5.41) is 0.319. The molecule has 0 aliphatic heterocycles. The standard InChI is InChI=1S/C19H16O6/c1-11-6-12(2)8-14(7-11)24-17-10-23-16-9-13(25-19(21)22-3)4-5-15(16)18(17)20/h4-10H,1-3H3. The number of hydrogen-bond donors (Lipinski definition) is 0. The van der Waals surface area contributed by atoms with E-state index < -0.39 is 6.16 Å². The van der Waals surface area contributed by atoms with Crippen molar-refractivity contribution in [2.24, 2.45) is 0 Å². The van der Waals surface area contributed by atoms with Gasteiger partial charge in [0.2, 0.25) is 11.2 Å². The number of carbonyl (C=O) groups is 1. The van der Waals surface area contributed by atoms with Gasteiger partial charge in [0.05, 0.1) is 12.5 Å². The molecule has 3 aromatic rings. The van der Waals surface area contributed by atoms with Crippen molar-refractivity contribution in [2.45, 2.75) is 13.8 Å². The van der Waals surface area contributed by atoms with Crippen molar-refractivity contribution in [1.82, 2.24) is 0 Å². The molecule has 128 valence electrons. The number of ether oxygens (including phenoxy) is 3. The van der Waals surface area contributed by atoms with Gasteiger partial charge in [-0.2, -0.15) is 0 Å². The molecular weight excluding hydrogens is 324 g/mol. The number of carbonyl (C=O) groups excluding carboxylic acids is 1. The summed E-state index contributed by atoms with van der Waals surface area (Å²) >= 11 is 0. The fourth-order valence-corrected chi connectivity index (χ4v) is 2.48. The molecule has 0 N–H and O–H groups in total. The molecule has 0 fully saturated rings. The van der Waals surface area contributed by atoms with Gasteiger partial charge < -0.3 is 18.6 Å². The lowest BCUT2D eigenvalue weighted by molar-refractivity contribution is 0.121. The third-order valence-corrected chi connectivity index (χ3v) is 3.51. The minimum atomic E-state index is -0.850. The number of hydrogen-bond acceptors (Lipinski definition) is 6. The van der Waals surface area contributed by atoms with E-state index in [9.17, 15) is 9.59 Å². The Bertz CT molecular complexity index is 982. The first-order valence-electron chi connectivity index (χ1n) is 7.54. The van der Waals surface area contributed by atoms with Crippen LogP contribution in [0.15, 0.2) is 51.9 Å². The molecule has 0 amide bonds. The highest BCUT2D eigenvalue weighted by Gasteiger charge is 2.12. The van der Waals surface area contributed by atoms with Crippen LogP contribution in [0.25, 0.3) is 11.0 Å². The minimum Gasteiger partial charge on any atom is -0.460 e. The van der Waals surface area contributed by atoms with E-state index in [1.54, 1.807) is 0 Å². The van der Waals surface area contributed by atoms with Gasteiger partial charge in [0, 0.05) is 6.07 Å². The molecule has 0 saturated heterocycles. The third-order valence-electron chi connectivity index (χ3n) is 3.51. The zero-order valence-electron chi connectivity index (χ0n) is 14.0. The van der Waals surface area contributed by atoms with E-state index in [0.717, 1.165) is 11.1 Å². The van der Waals surface area contributed by atoms with E-state index in [2.05, 4.69) is 4.74 Å². The Morgan fingerprint density at radius 1 is 1.00 bits per heavy atom. The number of fused-ring (bicyclic) bond motifs is 1. The Balaban J connectivity index is 1.95. The second kappa shape index (κ2) is 6.68. The zero-order valence-corrected chi connectivity index (χ0v) is 14.0. The summed E-state index contributed by atoms with van der Waals surface area (Å²) in [6.07, 6.45) is 0.390. The molecule has 25 heavy (non-hydrogen) atoms. The highest BCUT2D eigenvalue weighted by Crippen LogP contribution is 2.25. The molecule has 0 aliphatic rings. The van der Waals surface area contributed by atoms with Crippen LogP contribution in [0.3, 0.4) is 0 Å². The maximum atomic E-state index is 12.6. The van der Waals surface area contributed by atoms with Crippen LogP contribution in [0, 0.1) is 13.8 Å². The second-order valence-electron chi connectivity index (χ2n) is 5.57. The molecule has 0 bridgehead atoms. The van der Waals surface area contributed by atoms with Gasteiger partial charge in [-0.25, -0.2) is 4.79 Å². The average Bonchev–Trinajstić information content (AvgIpc) is 2.56. The van der Waals surface area contributed by atoms with Gasteiger partial charge in [-0.3, -0.25) is 4.79 Å². The van der Waals surface area contributed by atoms with Crippen molar-refractivity contribution < 1.29 is 23.4 Å². The molecule has 0 unspecified atom stereocenters. The summed E-state index contributed by atoms with van der Waals surface area (Å²) in [6.45, 7) is 3.90. The highest BCUT2D eigenvalue weighted by atomic mass is 16.7. The van der Waals surface area contributed by atoms with E-state index in [0.29, 0.717) is 11.1 Å². The van der Waals surface area contributed by atoms with Gasteiger partial charge in [0.15, 0.2) is 0 Å². The lowest BCUT2D eigenvalue weighted by Gasteiger charge is -2.08. The molecule has 6 nitrogen and oxygen atoms in total. The van der Waals surface area contributed by atoms with Gasteiger partial charge >= 0.3 is 6.16 Å². The van der Waals surface area contributed by atoms with Crippen LogP contribution in [-0.4, -0.2) is 13.3 Å². The Kier molecular flexibility index (Phi) is 4.43. The van der Waals surface area contributed by atoms with Gasteiger partial charge in [-0.1, -0.05) is 6.07 Å². The van der Waals surface area contributed by atoms with Gasteiger partial charge in [0.1, 0.15) is 23.3 Å². The minimum absolute atomic E-state index is 0.0825. The van der Waals surface area contributed by atoms with Crippen molar-refractivity contribution >= 4 is 17.1 Å². The number of methoxy groups -OCH3 is 1. The van der Waals surface area contributed by atoms with Gasteiger partial charge in [-0.15, -0.1) is 0 Å². The third kappa shape index (κ3) is 3.63. The Labute approximate surface area is 143 Å². The molecule has 0 saturated carbocycles. The van der Waals surface area contributed by atoms with Crippen LogP contribution in [0.5, 0.6) is 17.2 Å². The number of benzene rings is 2. The van der Waals surface area contributed by atoms with Crippen LogP contribution < -0.4 is 14.9 Å². The lowest BCUT2D eigenvalue weighted by atomic mass is 10.1. The predicted molar refractivity (Wildman–Crippen MR) is 91.5 cm³/mol. The van der Waals surface area contributed by atoms with Crippen molar-refractivity contribution in [3.05, 3.63) is 64.0 Å². The fourth-order valence-electron chi connectivity index (χ4n) is 2.48. The first-order valence-corrected chi connectivity index (χ1v) is 7.54. The van der Waals surface area contributed by atoms with Crippen molar-refractivity contribution in [1.29, 1.82) is 0 Å². The van der Waals surface area contributed by atoms with E-state index in [-0.39, 0.29) is 22.5 Å². The second-order valence-corrected chi connectivity index (χ2v) is 5.57. The van der Waals surface area contributed by atoms with Crippen molar-refractivity contribution in [3.63, 3.8) is 0 Å². The topological polar surface area (TPSA) is 75.0 Å². The molecule has 0 aliphatic carbocycles. The maximum Gasteiger partial charge on any atom is 0.513 e. The van der Waals surface area contributed by atoms with Gasteiger partial charge in [-0.05, 0) is 49.2 Å². The molecule has 1 aromatic heterocycles. The Morgan fingerprint density at radius 3 is 2.40 bits per heavy atom. The predicted octanol–water partition coefficient (Wildman–Crippen LogP) is 4.35. The summed E-state index contributed by atoms with van der Waals surface area (Å²) in [7, 11) is 1.21. The van der Waals surface area contributed by atoms with Crippen LogP contribution >= 0.6 is 0 Å². The van der Waals surface area contributed by atoms with Crippen LogP contribution in [0.2, 0.25) is 0 Å². The fraction of sp³-hybridized carbons (Fsp3) is 0.158. The molecule has 6 heteroatoms. The average molecular weight is 340 g/mol. The quantitative estimate of drug-likeness (QED) is 0.521. The molecule has 1 heterocycles. The van der Waals surface area contributed by atoms with Crippen LogP contribution in [-0.2, 0) is 4.74 Å². The van der Waals surface area contributed by atoms with Gasteiger partial charge in [0.25, 0.3) is 0 Å². The SMILES string of the molecule is COC(=O)Oc1ccc2c(=O)c(Oc3cc(C)cc(C)c3)coc2c1. The molecule has 0 atom stereocenters. The summed E-state index contributed by atoms with van der Waals surface area (Å²) in [4.78, 5) is 23.7. The molecule has 0 radical (unpaired) electrons. The Hall–Kier alpha value is -3.28. The lowest BCUT2D eigenvalue weighted by Crippen LogP contribution is -2.08. The summed E-state index contributed by atoms with van der Waals surface area (Å²) in [5.41, 5.74) is 2.03.